The predicted molar refractivity (Wildman–Crippen MR) is 117 cm³/mol. The topological polar surface area (TPSA) is 95.5 Å². The number of fused-ring (bicyclic) bond motifs is 3. The summed E-state index contributed by atoms with van der Waals surface area (Å²) in [5.74, 6) is -2.11. The lowest BCUT2D eigenvalue weighted by Gasteiger charge is -2.45. The third-order valence-corrected chi connectivity index (χ3v) is 8.59. The summed E-state index contributed by atoms with van der Waals surface area (Å²) in [6.45, 7) is 4.00. The highest BCUT2D eigenvalue weighted by molar-refractivity contribution is 7.16. The fourth-order valence-electron chi connectivity index (χ4n) is 6.04. The number of rotatable bonds is 6. The van der Waals surface area contributed by atoms with Crippen molar-refractivity contribution in [2.45, 2.75) is 77.7 Å². The fourth-order valence-corrected chi connectivity index (χ4v) is 7.18. The van der Waals surface area contributed by atoms with Gasteiger partial charge in [-0.25, -0.2) is 0 Å². The molecule has 6 nitrogen and oxygen atoms in total. The summed E-state index contributed by atoms with van der Waals surface area (Å²) >= 11 is 1.43. The van der Waals surface area contributed by atoms with Gasteiger partial charge in [0.2, 0.25) is 5.91 Å². The van der Waals surface area contributed by atoms with Gasteiger partial charge in [0.25, 0.3) is 5.91 Å². The Morgan fingerprint density at radius 3 is 2.17 bits per heavy atom. The maximum atomic E-state index is 13.3. The molecule has 0 radical (unpaired) electrons. The van der Waals surface area contributed by atoms with E-state index in [9.17, 15) is 19.5 Å². The molecule has 4 saturated carbocycles. The molecule has 0 aromatic carbocycles. The number of carboxylic acids is 1. The van der Waals surface area contributed by atoms with Crippen LogP contribution in [-0.2, 0) is 16.0 Å². The number of carbonyl (C=O) groups is 3. The van der Waals surface area contributed by atoms with Crippen LogP contribution in [0.5, 0.6) is 0 Å². The first-order chi connectivity index (χ1) is 14.4. The molecule has 0 saturated heterocycles. The molecule has 2 unspecified atom stereocenters. The number of aryl methyl sites for hydroxylation is 1. The molecule has 0 spiro atoms. The Hall–Kier alpha value is -1.89. The molecule has 4 fully saturated rings. The van der Waals surface area contributed by atoms with Gasteiger partial charge >= 0.3 is 5.97 Å². The van der Waals surface area contributed by atoms with Crippen LogP contribution in [0.3, 0.4) is 0 Å². The standard InChI is InChI=1S/C23H32N2O4S/c1-3-16-12(2)30-22(19(16)21(27)24-15-6-4-5-7-15)25-20(26)17-13-8-10-14(11-9-13)18(17)23(28)29/h13-15,17-18H,3-11H2,1-2H3,(H,24,27)(H,25,26)(H,28,29). The zero-order valence-corrected chi connectivity index (χ0v) is 18.6. The molecule has 4 aliphatic carbocycles. The lowest BCUT2D eigenvalue weighted by molar-refractivity contribution is -0.156. The van der Waals surface area contributed by atoms with Gasteiger partial charge in [0, 0.05) is 10.9 Å². The van der Waals surface area contributed by atoms with E-state index in [1.807, 2.05) is 13.8 Å². The molecule has 2 atom stereocenters. The highest BCUT2D eigenvalue weighted by atomic mass is 32.1. The number of hydrogen-bond donors (Lipinski definition) is 3. The van der Waals surface area contributed by atoms with Crippen molar-refractivity contribution in [3.8, 4) is 0 Å². The van der Waals surface area contributed by atoms with Crippen molar-refractivity contribution in [2.24, 2.45) is 23.7 Å². The molecule has 2 amide bonds. The van der Waals surface area contributed by atoms with Gasteiger partial charge < -0.3 is 15.7 Å². The predicted octanol–water partition coefficient (Wildman–Crippen LogP) is 4.37. The SMILES string of the molecule is CCc1c(C)sc(NC(=O)C2C3CCC(CC3)C2C(=O)O)c1C(=O)NC1CCCC1. The van der Waals surface area contributed by atoms with Crippen molar-refractivity contribution >= 4 is 34.1 Å². The third-order valence-electron chi connectivity index (χ3n) is 7.52. The Balaban J connectivity index is 1.58. The lowest BCUT2D eigenvalue weighted by atomic mass is 9.58. The van der Waals surface area contributed by atoms with E-state index in [1.165, 1.54) is 11.3 Å². The first kappa shape index (κ1) is 21.3. The van der Waals surface area contributed by atoms with Crippen LogP contribution in [0, 0.1) is 30.6 Å². The maximum Gasteiger partial charge on any atom is 0.307 e. The van der Waals surface area contributed by atoms with Crippen molar-refractivity contribution in [3.63, 3.8) is 0 Å². The quantitative estimate of drug-likeness (QED) is 0.622. The van der Waals surface area contributed by atoms with E-state index in [0.717, 1.165) is 68.2 Å². The number of carbonyl (C=O) groups excluding carboxylic acids is 2. The minimum atomic E-state index is -0.861. The van der Waals surface area contributed by atoms with Crippen molar-refractivity contribution < 1.29 is 19.5 Å². The van der Waals surface area contributed by atoms with Crippen LogP contribution in [0.1, 0.15) is 79.1 Å². The maximum absolute atomic E-state index is 13.3. The van der Waals surface area contributed by atoms with Crippen molar-refractivity contribution in [3.05, 3.63) is 16.0 Å². The number of thiophene rings is 1. The van der Waals surface area contributed by atoms with Gasteiger partial charge in [-0.3, -0.25) is 14.4 Å². The summed E-state index contributed by atoms with van der Waals surface area (Å²) in [4.78, 5) is 39.4. The molecule has 3 N–H and O–H groups in total. The van der Waals surface area contributed by atoms with Crippen LogP contribution in [0.2, 0.25) is 0 Å². The number of amides is 2. The minimum Gasteiger partial charge on any atom is -0.481 e. The number of carboxylic acid groups (broad SMARTS) is 1. The average molecular weight is 433 g/mol. The highest BCUT2D eigenvalue weighted by Crippen LogP contribution is 2.49. The van der Waals surface area contributed by atoms with Gasteiger partial charge in [0.1, 0.15) is 5.00 Å². The molecule has 0 aliphatic heterocycles. The number of anilines is 1. The molecule has 2 bridgehead atoms. The monoisotopic (exact) mass is 432 g/mol. The van der Waals surface area contributed by atoms with Gasteiger partial charge in [-0.15, -0.1) is 11.3 Å². The highest BCUT2D eigenvalue weighted by Gasteiger charge is 2.50. The molecule has 1 aromatic rings. The third kappa shape index (κ3) is 3.88. The summed E-state index contributed by atoms with van der Waals surface area (Å²) in [6, 6.07) is 0.205. The van der Waals surface area contributed by atoms with Crippen molar-refractivity contribution in [1.29, 1.82) is 0 Å². The number of hydrogen-bond acceptors (Lipinski definition) is 4. The first-order valence-electron chi connectivity index (χ1n) is 11.4. The second-order valence-corrected chi connectivity index (χ2v) is 10.4. The van der Waals surface area contributed by atoms with Crippen LogP contribution in [-0.4, -0.2) is 28.9 Å². The van der Waals surface area contributed by atoms with Gasteiger partial charge in [-0.2, -0.15) is 0 Å². The Morgan fingerprint density at radius 2 is 1.60 bits per heavy atom. The van der Waals surface area contributed by atoms with Crippen LogP contribution in [0.4, 0.5) is 5.00 Å². The summed E-state index contributed by atoms with van der Waals surface area (Å²) in [6.07, 6.45) is 8.65. The smallest absolute Gasteiger partial charge is 0.307 e. The molecule has 1 aromatic heterocycles. The van der Waals surface area contributed by atoms with E-state index < -0.39 is 17.8 Å². The van der Waals surface area contributed by atoms with Crippen molar-refractivity contribution in [2.75, 3.05) is 5.32 Å². The molecule has 4 aliphatic rings. The van der Waals surface area contributed by atoms with E-state index in [2.05, 4.69) is 10.6 Å². The summed E-state index contributed by atoms with van der Waals surface area (Å²) < 4.78 is 0. The summed E-state index contributed by atoms with van der Waals surface area (Å²) in [5.41, 5.74) is 1.55. The van der Waals surface area contributed by atoms with Crippen LogP contribution >= 0.6 is 11.3 Å². The zero-order valence-electron chi connectivity index (χ0n) is 17.8. The Kier molecular flexibility index (Phi) is 6.19. The van der Waals surface area contributed by atoms with Crippen LogP contribution in [0.25, 0.3) is 0 Å². The fraction of sp³-hybridized carbons (Fsp3) is 0.696. The Morgan fingerprint density at radius 1 is 1.00 bits per heavy atom. The second-order valence-electron chi connectivity index (χ2n) is 9.20. The lowest BCUT2D eigenvalue weighted by Crippen LogP contribution is -2.49. The minimum absolute atomic E-state index is 0.0876. The van der Waals surface area contributed by atoms with Gasteiger partial charge in [0.15, 0.2) is 0 Å². The van der Waals surface area contributed by atoms with E-state index in [1.54, 1.807) is 0 Å². The van der Waals surface area contributed by atoms with Gasteiger partial charge in [-0.05, 0) is 69.3 Å². The number of aliphatic carboxylic acids is 1. The van der Waals surface area contributed by atoms with Gasteiger partial charge in [-0.1, -0.05) is 19.8 Å². The average Bonchev–Trinajstić information content (AvgIpc) is 3.34. The first-order valence-corrected chi connectivity index (χ1v) is 12.2. The summed E-state index contributed by atoms with van der Waals surface area (Å²) in [5, 5.41) is 16.5. The summed E-state index contributed by atoms with van der Waals surface area (Å²) in [7, 11) is 0. The molecular weight excluding hydrogens is 400 g/mol. The van der Waals surface area contributed by atoms with Crippen molar-refractivity contribution in [1.82, 2.24) is 5.32 Å². The normalized spacial score (nSPS) is 28.5. The number of nitrogens with one attached hydrogen (secondary N) is 2. The van der Waals surface area contributed by atoms with E-state index in [-0.39, 0.29) is 29.7 Å². The Labute approximate surface area is 181 Å². The van der Waals surface area contributed by atoms with Crippen LogP contribution < -0.4 is 10.6 Å². The Bertz CT molecular complexity index is 835. The molecular formula is C23H32N2O4S. The molecule has 164 valence electrons. The molecule has 5 rings (SSSR count). The van der Waals surface area contributed by atoms with E-state index in [4.69, 9.17) is 0 Å². The largest absolute Gasteiger partial charge is 0.481 e. The van der Waals surface area contributed by atoms with E-state index >= 15 is 0 Å². The van der Waals surface area contributed by atoms with Gasteiger partial charge in [0.05, 0.1) is 17.4 Å². The molecule has 1 heterocycles. The zero-order chi connectivity index (χ0) is 21.4. The molecule has 30 heavy (non-hydrogen) atoms. The second kappa shape index (κ2) is 8.69. The molecule has 7 heteroatoms. The van der Waals surface area contributed by atoms with Crippen LogP contribution in [0.15, 0.2) is 0 Å². The van der Waals surface area contributed by atoms with E-state index in [0.29, 0.717) is 10.6 Å².